The summed E-state index contributed by atoms with van der Waals surface area (Å²) in [6.07, 6.45) is -3.96. The summed E-state index contributed by atoms with van der Waals surface area (Å²) in [7, 11) is 0. The summed E-state index contributed by atoms with van der Waals surface area (Å²) < 4.78 is 46.1. The van der Waals surface area contributed by atoms with Gasteiger partial charge in [0, 0.05) is 17.6 Å². The number of benzene rings is 1. The highest BCUT2D eigenvalue weighted by atomic mass is 35.5. The highest BCUT2D eigenvalue weighted by Crippen LogP contribution is 2.40. The van der Waals surface area contributed by atoms with Gasteiger partial charge in [0.25, 0.3) is 0 Å². The standard InChI is InChI=1S/C15H18ClF3O2/c1-14(2)8-21-13-4-3-10(7-11(13)14)12(16)5-6-20-9-15(17,18)19/h3-4,7,12H,5-6,8-9H2,1-2H3. The molecule has 0 spiro atoms. The second-order valence-corrected chi connectivity index (χ2v) is 6.38. The van der Waals surface area contributed by atoms with Crippen LogP contribution in [-0.2, 0) is 10.2 Å². The molecule has 0 aromatic heterocycles. The number of rotatable bonds is 5. The minimum atomic E-state index is -4.29. The van der Waals surface area contributed by atoms with E-state index in [4.69, 9.17) is 16.3 Å². The average molecular weight is 323 g/mol. The number of hydrogen-bond donors (Lipinski definition) is 0. The van der Waals surface area contributed by atoms with Crippen LogP contribution in [0.4, 0.5) is 13.2 Å². The summed E-state index contributed by atoms with van der Waals surface area (Å²) in [5.74, 6) is 0.848. The number of halogens is 4. The topological polar surface area (TPSA) is 18.5 Å². The molecule has 1 atom stereocenters. The number of fused-ring (bicyclic) bond motifs is 1. The smallest absolute Gasteiger partial charge is 0.411 e. The molecule has 1 aromatic carbocycles. The second kappa shape index (κ2) is 6.05. The molecule has 1 unspecified atom stereocenters. The molecule has 6 heteroatoms. The van der Waals surface area contributed by atoms with E-state index in [1.807, 2.05) is 18.2 Å². The van der Waals surface area contributed by atoms with Crippen LogP contribution in [-0.4, -0.2) is 26.0 Å². The summed E-state index contributed by atoms with van der Waals surface area (Å²) in [6, 6.07) is 5.69. The van der Waals surface area contributed by atoms with Gasteiger partial charge in [-0.15, -0.1) is 11.6 Å². The van der Waals surface area contributed by atoms with Crippen molar-refractivity contribution >= 4 is 11.6 Å². The van der Waals surface area contributed by atoms with Crippen molar-refractivity contribution in [3.8, 4) is 5.75 Å². The zero-order chi connectivity index (χ0) is 15.7. The lowest BCUT2D eigenvalue weighted by atomic mass is 9.86. The van der Waals surface area contributed by atoms with Gasteiger partial charge in [-0.2, -0.15) is 13.2 Å². The lowest BCUT2D eigenvalue weighted by Crippen LogP contribution is -2.18. The first-order valence-electron chi connectivity index (χ1n) is 6.75. The molecule has 1 heterocycles. The third kappa shape index (κ3) is 4.27. The summed E-state index contributed by atoms with van der Waals surface area (Å²) in [5.41, 5.74) is 1.89. The molecular formula is C15H18ClF3O2. The predicted octanol–water partition coefficient (Wildman–Crippen LogP) is 4.61. The lowest BCUT2D eigenvalue weighted by molar-refractivity contribution is -0.174. The van der Waals surface area contributed by atoms with Crippen LogP contribution in [0, 0.1) is 0 Å². The van der Waals surface area contributed by atoms with Gasteiger partial charge in [-0.05, 0) is 24.1 Å². The van der Waals surface area contributed by atoms with Crippen molar-refractivity contribution in [1.29, 1.82) is 0 Å². The Bertz CT molecular complexity index is 500. The van der Waals surface area contributed by atoms with Crippen molar-refractivity contribution in [2.75, 3.05) is 19.8 Å². The Morgan fingerprint density at radius 2 is 2.10 bits per heavy atom. The van der Waals surface area contributed by atoms with Crippen molar-refractivity contribution in [3.63, 3.8) is 0 Å². The Kier molecular flexibility index (Phi) is 4.73. The highest BCUT2D eigenvalue weighted by molar-refractivity contribution is 6.20. The van der Waals surface area contributed by atoms with Crippen LogP contribution < -0.4 is 4.74 Å². The molecule has 1 aliphatic rings. The Morgan fingerprint density at radius 3 is 2.76 bits per heavy atom. The van der Waals surface area contributed by atoms with Crippen molar-refractivity contribution in [2.45, 2.75) is 37.2 Å². The Labute approximate surface area is 127 Å². The maximum absolute atomic E-state index is 12.0. The third-order valence-electron chi connectivity index (χ3n) is 3.46. The van der Waals surface area contributed by atoms with Gasteiger partial charge >= 0.3 is 6.18 Å². The summed E-state index contributed by atoms with van der Waals surface area (Å²) >= 11 is 6.25. The van der Waals surface area contributed by atoms with Gasteiger partial charge in [0.05, 0.1) is 12.0 Å². The normalized spacial score (nSPS) is 18.2. The number of hydrogen-bond acceptors (Lipinski definition) is 2. The summed E-state index contributed by atoms with van der Waals surface area (Å²) in [5, 5.41) is -0.375. The molecule has 0 radical (unpaired) electrons. The molecule has 0 amide bonds. The monoisotopic (exact) mass is 322 g/mol. The number of alkyl halides is 4. The minimum Gasteiger partial charge on any atom is -0.492 e. The van der Waals surface area contributed by atoms with Gasteiger partial charge in [-0.25, -0.2) is 0 Å². The van der Waals surface area contributed by atoms with E-state index in [0.717, 1.165) is 16.9 Å². The zero-order valence-electron chi connectivity index (χ0n) is 12.0. The maximum Gasteiger partial charge on any atom is 0.411 e. The van der Waals surface area contributed by atoms with Crippen molar-refractivity contribution in [3.05, 3.63) is 29.3 Å². The van der Waals surface area contributed by atoms with Gasteiger partial charge in [0.2, 0.25) is 0 Å². The van der Waals surface area contributed by atoms with Crippen LogP contribution in [0.1, 0.15) is 36.8 Å². The molecule has 0 bridgehead atoms. The summed E-state index contributed by atoms with van der Waals surface area (Å²) in [6.45, 7) is 3.52. The van der Waals surface area contributed by atoms with Gasteiger partial charge in [-0.1, -0.05) is 19.9 Å². The van der Waals surface area contributed by atoms with E-state index < -0.39 is 12.8 Å². The van der Waals surface area contributed by atoms with Crippen LogP contribution >= 0.6 is 11.6 Å². The van der Waals surface area contributed by atoms with Crippen LogP contribution in [0.5, 0.6) is 5.75 Å². The van der Waals surface area contributed by atoms with E-state index in [1.54, 1.807) is 0 Å². The Hall–Kier alpha value is -0.940. The van der Waals surface area contributed by atoms with E-state index in [-0.39, 0.29) is 17.4 Å². The van der Waals surface area contributed by atoms with Crippen molar-refractivity contribution in [1.82, 2.24) is 0 Å². The molecule has 2 nitrogen and oxygen atoms in total. The molecule has 0 saturated heterocycles. The van der Waals surface area contributed by atoms with E-state index in [2.05, 4.69) is 18.6 Å². The van der Waals surface area contributed by atoms with Crippen LogP contribution in [0.25, 0.3) is 0 Å². The third-order valence-corrected chi connectivity index (χ3v) is 3.93. The SMILES string of the molecule is CC1(C)COc2ccc(C(Cl)CCOCC(F)(F)F)cc21. The first-order valence-corrected chi connectivity index (χ1v) is 7.18. The van der Waals surface area contributed by atoms with Gasteiger partial charge in [-0.3, -0.25) is 0 Å². The first-order chi connectivity index (χ1) is 9.69. The molecule has 1 aliphatic heterocycles. The predicted molar refractivity (Wildman–Crippen MR) is 75.0 cm³/mol. The fourth-order valence-corrected chi connectivity index (χ4v) is 2.50. The molecule has 0 N–H and O–H groups in total. The van der Waals surface area contributed by atoms with Gasteiger partial charge in [0.15, 0.2) is 0 Å². The fraction of sp³-hybridized carbons (Fsp3) is 0.600. The van der Waals surface area contributed by atoms with Crippen LogP contribution in [0.15, 0.2) is 18.2 Å². The van der Waals surface area contributed by atoms with E-state index >= 15 is 0 Å². The van der Waals surface area contributed by atoms with Gasteiger partial charge < -0.3 is 9.47 Å². The maximum atomic E-state index is 12.0. The molecule has 0 saturated carbocycles. The molecule has 0 fully saturated rings. The van der Waals surface area contributed by atoms with Crippen LogP contribution in [0.3, 0.4) is 0 Å². The largest absolute Gasteiger partial charge is 0.492 e. The molecule has 21 heavy (non-hydrogen) atoms. The average Bonchev–Trinajstić information content (AvgIpc) is 2.69. The van der Waals surface area contributed by atoms with E-state index in [1.165, 1.54) is 0 Å². The summed E-state index contributed by atoms with van der Waals surface area (Å²) in [4.78, 5) is 0. The van der Waals surface area contributed by atoms with E-state index in [9.17, 15) is 13.2 Å². The zero-order valence-corrected chi connectivity index (χ0v) is 12.7. The Balaban J connectivity index is 1.93. The highest BCUT2D eigenvalue weighted by Gasteiger charge is 2.32. The minimum absolute atomic E-state index is 0.0232. The Morgan fingerprint density at radius 1 is 1.38 bits per heavy atom. The van der Waals surface area contributed by atoms with E-state index in [0.29, 0.717) is 13.0 Å². The molecule has 0 aliphatic carbocycles. The molecule has 1 aromatic rings. The molecule has 2 rings (SSSR count). The van der Waals surface area contributed by atoms with Crippen LogP contribution in [0.2, 0.25) is 0 Å². The van der Waals surface area contributed by atoms with Gasteiger partial charge in [0.1, 0.15) is 12.4 Å². The van der Waals surface area contributed by atoms with Crippen molar-refractivity contribution in [2.24, 2.45) is 0 Å². The molecule has 118 valence electrons. The second-order valence-electron chi connectivity index (χ2n) is 5.85. The lowest BCUT2D eigenvalue weighted by Gasteiger charge is -2.17. The number of ether oxygens (including phenoxy) is 2. The quantitative estimate of drug-likeness (QED) is 0.582. The molecular weight excluding hydrogens is 305 g/mol. The first kappa shape index (κ1) is 16.4. The fourth-order valence-electron chi connectivity index (χ4n) is 2.27. The van der Waals surface area contributed by atoms with Crippen molar-refractivity contribution < 1.29 is 22.6 Å².